The molecule has 0 bridgehead atoms. The number of carboxylic acids is 1. The van der Waals surface area contributed by atoms with E-state index in [2.05, 4.69) is 29.2 Å². The predicted octanol–water partition coefficient (Wildman–Crippen LogP) is 1.94. The normalized spacial score (nSPS) is 15.7. The number of Topliss-reactive ketones (excluding diaryl/α,β-unsaturated/α-hetero) is 1. The molecule has 0 atom stereocenters. The zero-order chi connectivity index (χ0) is 13.4. The van der Waals surface area contributed by atoms with E-state index >= 15 is 0 Å². The van der Waals surface area contributed by atoms with Crippen LogP contribution in [0.4, 0.5) is 0 Å². The van der Waals surface area contributed by atoms with Gasteiger partial charge in [0, 0.05) is 39.4 Å². The Morgan fingerprint density at radius 3 is 2.22 bits per heavy atom. The molecule has 1 N–H and O–H groups in total. The van der Waals surface area contributed by atoms with Crippen LogP contribution in [0, 0.1) is 0 Å². The van der Waals surface area contributed by atoms with Gasteiger partial charge in [-0.3, -0.25) is 14.5 Å². The Hall–Kier alpha value is -1.68. The van der Waals surface area contributed by atoms with Crippen molar-refractivity contribution in [3.8, 4) is 0 Å². The highest BCUT2D eigenvalue weighted by molar-refractivity contribution is 5.79. The van der Waals surface area contributed by atoms with E-state index in [4.69, 9.17) is 9.90 Å². The van der Waals surface area contributed by atoms with Crippen molar-refractivity contribution in [3.05, 3.63) is 35.9 Å². The van der Waals surface area contributed by atoms with Gasteiger partial charge in [0.15, 0.2) is 0 Å². The van der Waals surface area contributed by atoms with Crippen LogP contribution in [0.2, 0.25) is 0 Å². The van der Waals surface area contributed by atoms with E-state index in [1.165, 1.54) is 5.56 Å². The maximum atomic E-state index is 11.0. The van der Waals surface area contributed by atoms with E-state index < -0.39 is 5.97 Å². The monoisotopic (exact) mass is 249 g/mol. The van der Waals surface area contributed by atoms with Crippen molar-refractivity contribution in [2.45, 2.75) is 26.3 Å². The SMILES string of the molecule is CC(=O)O.O=C1CCN(Cc2ccccc2)CC1. The molecule has 1 heterocycles. The van der Waals surface area contributed by atoms with Gasteiger partial charge in [0.1, 0.15) is 5.78 Å². The lowest BCUT2D eigenvalue weighted by Gasteiger charge is -2.25. The van der Waals surface area contributed by atoms with Gasteiger partial charge >= 0.3 is 0 Å². The molecular formula is C14H19NO3. The van der Waals surface area contributed by atoms with Crippen LogP contribution in [0.25, 0.3) is 0 Å². The van der Waals surface area contributed by atoms with Gasteiger partial charge in [-0.25, -0.2) is 0 Å². The summed E-state index contributed by atoms with van der Waals surface area (Å²) in [5.74, 6) is -0.422. The molecule has 18 heavy (non-hydrogen) atoms. The van der Waals surface area contributed by atoms with Crippen molar-refractivity contribution in [3.63, 3.8) is 0 Å². The lowest BCUT2D eigenvalue weighted by atomic mass is 10.1. The van der Waals surface area contributed by atoms with Crippen LogP contribution in [0.1, 0.15) is 25.3 Å². The molecule has 0 radical (unpaired) electrons. The Kier molecular flexibility index (Phi) is 6.08. The molecule has 1 aliphatic heterocycles. The summed E-state index contributed by atoms with van der Waals surface area (Å²) in [6, 6.07) is 10.4. The highest BCUT2D eigenvalue weighted by atomic mass is 16.4. The van der Waals surface area contributed by atoms with E-state index in [0.29, 0.717) is 5.78 Å². The number of nitrogens with zero attached hydrogens (tertiary/aromatic N) is 1. The molecule has 0 unspecified atom stereocenters. The number of rotatable bonds is 2. The third kappa shape index (κ3) is 6.15. The van der Waals surface area contributed by atoms with Gasteiger partial charge in [-0.2, -0.15) is 0 Å². The molecule has 0 amide bonds. The molecule has 0 aliphatic carbocycles. The Balaban J connectivity index is 0.000000357. The number of hydrogen-bond donors (Lipinski definition) is 1. The highest BCUT2D eigenvalue weighted by Gasteiger charge is 2.15. The molecule has 0 saturated carbocycles. The van der Waals surface area contributed by atoms with E-state index in [0.717, 1.165) is 39.4 Å². The van der Waals surface area contributed by atoms with Gasteiger partial charge in [0.25, 0.3) is 5.97 Å². The lowest BCUT2D eigenvalue weighted by Crippen LogP contribution is -2.33. The Morgan fingerprint density at radius 1 is 1.22 bits per heavy atom. The van der Waals surface area contributed by atoms with Crippen LogP contribution in [-0.2, 0) is 16.1 Å². The maximum absolute atomic E-state index is 11.0. The summed E-state index contributed by atoms with van der Waals surface area (Å²) in [5, 5.41) is 7.42. The molecule has 1 saturated heterocycles. The van der Waals surface area contributed by atoms with Crippen molar-refractivity contribution < 1.29 is 14.7 Å². The van der Waals surface area contributed by atoms with Crippen LogP contribution >= 0.6 is 0 Å². The largest absolute Gasteiger partial charge is 0.481 e. The number of carbonyl (C=O) groups excluding carboxylic acids is 1. The van der Waals surface area contributed by atoms with E-state index in [1.54, 1.807) is 0 Å². The second-order valence-corrected chi connectivity index (χ2v) is 4.32. The zero-order valence-electron chi connectivity index (χ0n) is 10.6. The van der Waals surface area contributed by atoms with Crippen molar-refractivity contribution in [1.82, 2.24) is 4.90 Å². The summed E-state index contributed by atoms with van der Waals surface area (Å²) in [6.45, 7) is 3.91. The highest BCUT2D eigenvalue weighted by Crippen LogP contribution is 2.10. The molecule has 98 valence electrons. The van der Waals surface area contributed by atoms with E-state index in [1.807, 2.05) is 6.07 Å². The first-order chi connectivity index (χ1) is 8.58. The van der Waals surface area contributed by atoms with Gasteiger partial charge in [-0.05, 0) is 5.56 Å². The summed E-state index contributed by atoms with van der Waals surface area (Å²) in [5.41, 5.74) is 1.34. The number of carbonyl (C=O) groups is 2. The fourth-order valence-electron chi connectivity index (χ4n) is 1.80. The van der Waals surface area contributed by atoms with Crippen molar-refractivity contribution in [1.29, 1.82) is 0 Å². The fraction of sp³-hybridized carbons (Fsp3) is 0.429. The number of hydrogen-bond acceptors (Lipinski definition) is 3. The van der Waals surface area contributed by atoms with E-state index in [-0.39, 0.29) is 0 Å². The van der Waals surface area contributed by atoms with Crippen LogP contribution in [0.15, 0.2) is 30.3 Å². The minimum atomic E-state index is -0.833. The minimum Gasteiger partial charge on any atom is -0.481 e. The Bertz CT molecular complexity index is 375. The first-order valence-corrected chi connectivity index (χ1v) is 6.05. The smallest absolute Gasteiger partial charge is 0.300 e. The maximum Gasteiger partial charge on any atom is 0.300 e. The molecule has 2 rings (SSSR count). The molecule has 1 fully saturated rings. The zero-order valence-corrected chi connectivity index (χ0v) is 10.6. The van der Waals surface area contributed by atoms with E-state index in [9.17, 15) is 4.79 Å². The number of likely N-dealkylation sites (tertiary alicyclic amines) is 1. The Labute approximate surface area is 107 Å². The first kappa shape index (κ1) is 14.4. The topological polar surface area (TPSA) is 57.6 Å². The molecule has 4 nitrogen and oxygen atoms in total. The number of ketones is 1. The molecule has 1 aromatic carbocycles. The second-order valence-electron chi connectivity index (χ2n) is 4.32. The van der Waals surface area contributed by atoms with Gasteiger partial charge in [-0.1, -0.05) is 30.3 Å². The predicted molar refractivity (Wildman–Crippen MR) is 69.3 cm³/mol. The molecule has 0 aromatic heterocycles. The van der Waals surface area contributed by atoms with Gasteiger partial charge < -0.3 is 5.11 Å². The number of benzene rings is 1. The first-order valence-electron chi connectivity index (χ1n) is 6.05. The summed E-state index contributed by atoms with van der Waals surface area (Å²) in [6.07, 6.45) is 1.46. The van der Waals surface area contributed by atoms with Crippen molar-refractivity contribution in [2.24, 2.45) is 0 Å². The average molecular weight is 249 g/mol. The summed E-state index contributed by atoms with van der Waals surface area (Å²) in [7, 11) is 0. The fourth-order valence-corrected chi connectivity index (χ4v) is 1.80. The number of carboxylic acid groups (broad SMARTS) is 1. The molecular weight excluding hydrogens is 230 g/mol. The summed E-state index contributed by atoms with van der Waals surface area (Å²) < 4.78 is 0. The van der Waals surface area contributed by atoms with Crippen LogP contribution in [-0.4, -0.2) is 34.8 Å². The average Bonchev–Trinajstić information content (AvgIpc) is 2.33. The third-order valence-electron chi connectivity index (χ3n) is 2.66. The molecule has 4 heteroatoms. The Morgan fingerprint density at radius 2 is 1.72 bits per heavy atom. The standard InChI is InChI=1S/C12H15NO.C2H4O2/c14-12-6-8-13(9-7-12)10-11-4-2-1-3-5-11;1-2(3)4/h1-5H,6-10H2;1H3,(H,3,4). The van der Waals surface area contributed by atoms with Crippen LogP contribution in [0.3, 0.4) is 0 Å². The van der Waals surface area contributed by atoms with Crippen LogP contribution < -0.4 is 0 Å². The lowest BCUT2D eigenvalue weighted by molar-refractivity contribution is -0.134. The van der Waals surface area contributed by atoms with Crippen molar-refractivity contribution >= 4 is 11.8 Å². The number of piperidine rings is 1. The third-order valence-corrected chi connectivity index (χ3v) is 2.66. The summed E-state index contributed by atoms with van der Waals surface area (Å²) in [4.78, 5) is 22.4. The number of aliphatic carboxylic acids is 1. The second kappa shape index (κ2) is 7.61. The summed E-state index contributed by atoms with van der Waals surface area (Å²) >= 11 is 0. The quantitative estimate of drug-likeness (QED) is 0.870. The van der Waals surface area contributed by atoms with Crippen molar-refractivity contribution in [2.75, 3.05) is 13.1 Å². The molecule has 1 aromatic rings. The van der Waals surface area contributed by atoms with Gasteiger partial charge in [0.05, 0.1) is 0 Å². The van der Waals surface area contributed by atoms with Gasteiger partial charge in [-0.15, -0.1) is 0 Å². The van der Waals surface area contributed by atoms with Gasteiger partial charge in [0.2, 0.25) is 0 Å². The minimum absolute atomic E-state index is 0.411. The van der Waals surface area contributed by atoms with Crippen LogP contribution in [0.5, 0.6) is 0 Å². The molecule has 1 aliphatic rings. The molecule has 0 spiro atoms.